The van der Waals surface area contributed by atoms with E-state index in [0.29, 0.717) is 10.5 Å². The highest BCUT2D eigenvalue weighted by Gasteiger charge is 2.16. The molecular weight excluding hydrogens is 337 g/mol. The monoisotopic (exact) mass is 368 g/mol. The summed E-state index contributed by atoms with van der Waals surface area (Å²) in [6, 6.07) is 0.306. The van der Waals surface area contributed by atoms with E-state index < -0.39 is 34.0 Å². The molecule has 0 aliphatic carbocycles. The largest absolute Gasteiger partial charge is 0.550 e. The Kier molecular flexibility index (Phi) is 14.5. The third kappa shape index (κ3) is 44.9. The fraction of sp³-hybridized carbons (Fsp3) is 0.786. The first kappa shape index (κ1) is 26.9. The van der Waals surface area contributed by atoms with Gasteiger partial charge in [0.15, 0.2) is 0 Å². The predicted molar refractivity (Wildman–Crippen MR) is 91.2 cm³/mol. The second kappa shape index (κ2) is 12.4. The van der Waals surface area contributed by atoms with E-state index in [9.17, 15) is 29.7 Å². The minimum absolute atomic E-state index is 0.0694. The van der Waals surface area contributed by atoms with Crippen molar-refractivity contribution in [3.8, 4) is 0 Å². The molecule has 0 unspecified atom stereocenters. The zero-order valence-electron chi connectivity index (χ0n) is 15.5. The first-order chi connectivity index (χ1) is 9.96. The van der Waals surface area contributed by atoms with E-state index in [4.69, 9.17) is 0 Å². The van der Waals surface area contributed by atoms with Crippen molar-refractivity contribution in [3.63, 3.8) is 0 Å². The molecule has 0 fully saturated rings. The van der Waals surface area contributed by atoms with Gasteiger partial charge in [0, 0.05) is 42.0 Å². The number of nitrogens with zero attached hydrogens (tertiary/aromatic N) is 1. The number of hydrogen-bond donors (Lipinski definition) is 0. The van der Waals surface area contributed by atoms with E-state index in [-0.39, 0.29) is 12.7 Å². The summed E-state index contributed by atoms with van der Waals surface area (Å²) >= 11 is 0. The lowest BCUT2D eigenvalue weighted by Crippen LogP contribution is -2.45. The fourth-order valence-electron chi connectivity index (χ4n) is 1.11. The molecule has 9 heteroatoms. The highest BCUT2D eigenvalue weighted by atomic mass is 31.2. The molecule has 0 bridgehead atoms. The van der Waals surface area contributed by atoms with Crippen molar-refractivity contribution < 1.29 is 34.2 Å². The normalized spacial score (nSPS) is 10.8. The molecular formula is C14H31NO6PSi-. The zero-order chi connectivity index (χ0) is 19.4. The van der Waals surface area contributed by atoms with Gasteiger partial charge in [-0.25, -0.2) is 0 Å². The van der Waals surface area contributed by atoms with Crippen molar-refractivity contribution in [2.24, 2.45) is 0 Å². The van der Waals surface area contributed by atoms with Crippen molar-refractivity contribution in [1.29, 1.82) is 0 Å². The van der Waals surface area contributed by atoms with E-state index in [1.165, 1.54) is 0 Å². The molecule has 0 aromatic heterocycles. The maximum atomic E-state index is 9.93. The number of rotatable bonds is 6. The van der Waals surface area contributed by atoms with Crippen LogP contribution in [0.1, 0.15) is 0 Å². The Bertz CT molecular complexity index is 348. The molecule has 0 heterocycles. The van der Waals surface area contributed by atoms with Gasteiger partial charge in [-0.3, -0.25) is 0 Å². The van der Waals surface area contributed by atoms with Crippen molar-refractivity contribution in [2.75, 3.05) is 53.8 Å². The number of aliphatic carboxylic acids is 3. The summed E-state index contributed by atoms with van der Waals surface area (Å²) in [5.41, 5.74) is 0. The molecule has 0 rings (SSSR count). The minimum Gasteiger partial charge on any atom is -0.550 e. The number of hydrogen-bond acceptors (Lipinski definition) is 6. The number of carboxylic acid groups (broad SMARTS) is 3. The van der Waals surface area contributed by atoms with Gasteiger partial charge in [-0.2, -0.15) is 0 Å². The lowest BCUT2D eigenvalue weighted by atomic mass is 10.5. The maximum Gasteiger partial charge on any atom is 0.118 e. The molecule has 0 saturated heterocycles. The number of carbonyl (C=O) groups is 3. The number of carboxylic acids is 3. The molecule has 0 aromatic rings. The molecule has 0 amide bonds. The van der Waals surface area contributed by atoms with Crippen LogP contribution in [0.2, 0.25) is 19.1 Å². The molecule has 138 valence electrons. The zero-order valence-corrected chi connectivity index (χ0v) is 17.6. The van der Waals surface area contributed by atoms with Gasteiger partial charge in [0.25, 0.3) is 0 Å². The van der Waals surface area contributed by atoms with Crippen LogP contribution in [0.3, 0.4) is 0 Å². The van der Waals surface area contributed by atoms with Gasteiger partial charge in [-0.1, -0.05) is 13.1 Å². The summed E-state index contributed by atoms with van der Waals surface area (Å²) in [6.45, 7) is 9.96. The van der Waals surface area contributed by atoms with Gasteiger partial charge in [0.2, 0.25) is 0 Å². The average Bonchev–Trinajstić information content (AvgIpc) is 2.06. The second-order valence-corrected chi connectivity index (χ2v) is 15.7. The first-order valence-corrected chi connectivity index (χ1v) is 13.6. The fourth-order valence-corrected chi connectivity index (χ4v) is 2.55. The molecule has 7 nitrogen and oxygen atoms in total. The predicted octanol–water partition coefficient (Wildman–Crippen LogP) is -2.69. The van der Waals surface area contributed by atoms with Crippen LogP contribution in [0, 0.1) is 0 Å². The van der Waals surface area contributed by atoms with E-state index in [1.807, 2.05) is 33.1 Å². The summed E-state index contributed by atoms with van der Waals surface area (Å²) in [5.74, 6) is -2.83. The minimum atomic E-state index is -1.13. The quantitative estimate of drug-likeness (QED) is 0.286. The summed E-state index contributed by atoms with van der Waals surface area (Å²) in [4.78, 5) is 29.6. The van der Waals surface area contributed by atoms with Crippen LogP contribution >= 0.6 is 7.26 Å². The molecule has 0 radical (unpaired) electrons. The first-order valence-electron chi connectivity index (χ1n) is 7.16. The summed E-state index contributed by atoms with van der Waals surface area (Å²) in [6.07, 6.45) is 0.243. The molecule has 0 aliphatic rings. The SMILES string of the molecule is C[N+](C)(C)CC(=O)[O-].C[P+](C)(C)CC(=O)[O-].C[SiH](C)CC(=O)[O-]. The lowest BCUT2D eigenvalue weighted by Gasteiger charge is -2.23. The summed E-state index contributed by atoms with van der Waals surface area (Å²) in [7, 11) is 3.38. The van der Waals surface area contributed by atoms with E-state index in [2.05, 4.69) is 0 Å². The molecule has 0 aromatic carbocycles. The maximum absolute atomic E-state index is 9.93. The highest BCUT2D eigenvalue weighted by Crippen LogP contribution is 2.45. The topological polar surface area (TPSA) is 120 Å². The standard InChI is InChI=1S/C5H11NO2.C5H11O2P.C4H10O2Si/c1-6(2,3)4-5(7)8;1-8(2,3)4-5(6)7;1-7(2)3-4(5)6/h2*4H2,1-3H3;7H,3H2,1-2H3,(H,5,6)/p-1. The number of quaternary nitrogens is 1. The molecule has 0 aliphatic heterocycles. The van der Waals surface area contributed by atoms with Gasteiger partial charge in [0.05, 0.1) is 39.2 Å². The summed E-state index contributed by atoms with van der Waals surface area (Å²) < 4.78 is 0.419. The van der Waals surface area contributed by atoms with Crippen molar-refractivity contribution in [2.45, 2.75) is 19.1 Å². The van der Waals surface area contributed by atoms with Crippen LogP contribution in [-0.2, 0) is 14.4 Å². The van der Waals surface area contributed by atoms with E-state index in [1.54, 1.807) is 21.1 Å². The van der Waals surface area contributed by atoms with Gasteiger partial charge in [0.1, 0.15) is 6.54 Å². The van der Waals surface area contributed by atoms with Crippen LogP contribution < -0.4 is 15.3 Å². The smallest absolute Gasteiger partial charge is 0.118 e. The Hall–Kier alpha value is -0.983. The number of likely N-dealkylation sites (N-methyl/N-ethyl adjacent to an activating group) is 1. The molecule has 0 spiro atoms. The Morgan fingerprint density at radius 2 is 1.26 bits per heavy atom. The van der Waals surface area contributed by atoms with Crippen molar-refractivity contribution >= 4 is 34.0 Å². The molecule has 0 atom stereocenters. The van der Waals surface area contributed by atoms with Crippen LogP contribution in [0.25, 0.3) is 0 Å². The third-order valence-corrected chi connectivity index (χ3v) is 4.14. The molecule has 23 heavy (non-hydrogen) atoms. The van der Waals surface area contributed by atoms with Gasteiger partial charge in [-0.15, -0.1) is 0 Å². The van der Waals surface area contributed by atoms with E-state index in [0.717, 1.165) is 0 Å². The summed E-state index contributed by atoms with van der Waals surface area (Å²) in [5, 5.41) is 29.6. The molecule has 0 N–H and O–H groups in total. The Morgan fingerprint density at radius 1 is 0.870 bits per heavy atom. The van der Waals surface area contributed by atoms with Crippen molar-refractivity contribution in [1.82, 2.24) is 0 Å². The van der Waals surface area contributed by atoms with Crippen LogP contribution in [0.5, 0.6) is 0 Å². The average molecular weight is 368 g/mol. The Labute approximate surface area is 141 Å². The van der Waals surface area contributed by atoms with Gasteiger partial charge in [-0.05, 0) is 6.04 Å². The van der Waals surface area contributed by atoms with Crippen LogP contribution in [0.15, 0.2) is 0 Å². The molecule has 0 saturated carbocycles. The van der Waals surface area contributed by atoms with E-state index >= 15 is 0 Å². The second-order valence-electron chi connectivity index (χ2n) is 7.61. The van der Waals surface area contributed by atoms with Crippen molar-refractivity contribution in [3.05, 3.63) is 0 Å². The third-order valence-electron chi connectivity index (χ3n) is 1.78. The van der Waals surface area contributed by atoms with Gasteiger partial charge >= 0.3 is 0 Å². The van der Waals surface area contributed by atoms with Crippen LogP contribution in [-0.4, -0.2) is 85.0 Å². The highest BCUT2D eigenvalue weighted by molar-refractivity contribution is 7.74. The lowest BCUT2D eigenvalue weighted by molar-refractivity contribution is -0.864. The number of carbonyl (C=O) groups excluding carboxylic acids is 3. The van der Waals surface area contributed by atoms with Crippen LogP contribution in [0.4, 0.5) is 0 Å². The Balaban J connectivity index is -0.000000262. The Morgan fingerprint density at radius 3 is 1.26 bits per heavy atom. The van der Waals surface area contributed by atoms with Gasteiger partial charge < -0.3 is 34.2 Å².